The molecule has 132 valence electrons. The molecule has 0 spiro atoms. The summed E-state index contributed by atoms with van der Waals surface area (Å²) in [7, 11) is 1.74. The van der Waals surface area contributed by atoms with Gasteiger partial charge in [0.1, 0.15) is 5.82 Å². The molecule has 0 radical (unpaired) electrons. The van der Waals surface area contributed by atoms with Crippen LogP contribution in [0.25, 0.3) is 0 Å². The van der Waals surface area contributed by atoms with Crippen molar-refractivity contribution < 1.29 is 9.18 Å². The molecule has 0 aromatic heterocycles. The second-order valence-corrected chi connectivity index (χ2v) is 4.45. The van der Waals surface area contributed by atoms with Gasteiger partial charge in [-0.25, -0.2) is 9.82 Å². The van der Waals surface area contributed by atoms with Crippen LogP contribution in [-0.4, -0.2) is 50.6 Å². The lowest BCUT2D eigenvalue weighted by Gasteiger charge is -2.36. The molecule has 1 aromatic carbocycles. The summed E-state index contributed by atoms with van der Waals surface area (Å²) in [6.07, 6.45) is 0. The maximum absolute atomic E-state index is 12.9. The Morgan fingerprint density at radius 2 is 1.57 bits per heavy atom. The minimum absolute atomic E-state index is 0.0908. The standard InChI is InChI=1S/C13H19FN4O.2C2H6/c1-15-16-10-13(19)18-8-6-17(7-9-18)12-4-2-11(14)3-5-12;2*1-2/h2-5,15-16H,6-10H2,1H3;2*1-2H3. The Balaban J connectivity index is 0.00000112. The highest BCUT2D eigenvalue weighted by molar-refractivity contribution is 5.78. The summed E-state index contributed by atoms with van der Waals surface area (Å²) in [6, 6.07) is 6.47. The zero-order valence-corrected chi connectivity index (χ0v) is 15.0. The number of piperazine rings is 1. The molecule has 1 saturated heterocycles. The molecule has 0 atom stereocenters. The van der Waals surface area contributed by atoms with Gasteiger partial charge in [0.05, 0.1) is 6.54 Å². The fraction of sp³-hybridized carbons (Fsp3) is 0.588. The average molecular weight is 326 g/mol. The first-order valence-corrected chi connectivity index (χ1v) is 8.38. The molecule has 6 heteroatoms. The molecule has 1 aliphatic heterocycles. The van der Waals surface area contributed by atoms with Crippen molar-refractivity contribution in [3.05, 3.63) is 30.1 Å². The number of halogens is 1. The van der Waals surface area contributed by atoms with E-state index in [4.69, 9.17) is 0 Å². The van der Waals surface area contributed by atoms with Crippen molar-refractivity contribution in [2.24, 2.45) is 0 Å². The third-order valence-corrected chi connectivity index (χ3v) is 3.24. The van der Waals surface area contributed by atoms with Gasteiger partial charge in [-0.2, -0.15) is 0 Å². The van der Waals surface area contributed by atoms with Crippen LogP contribution in [0.15, 0.2) is 24.3 Å². The normalized spacial score (nSPS) is 13.5. The Hall–Kier alpha value is -1.66. The Morgan fingerprint density at radius 3 is 2.04 bits per heavy atom. The second-order valence-electron chi connectivity index (χ2n) is 4.45. The SMILES string of the molecule is CC.CC.CNNCC(=O)N1CCN(c2ccc(F)cc2)CC1. The topological polar surface area (TPSA) is 47.6 Å². The number of hydrazine groups is 1. The van der Waals surface area contributed by atoms with Crippen LogP contribution in [0.2, 0.25) is 0 Å². The molecular formula is C17H31FN4O. The van der Waals surface area contributed by atoms with Gasteiger partial charge in [0.15, 0.2) is 0 Å². The van der Waals surface area contributed by atoms with Gasteiger partial charge in [-0.05, 0) is 31.3 Å². The molecule has 23 heavy (non-hydrogen) atoms. The number of hydrogen-bond acceptors (Lipinski definition) is 4. The van der Waals surface area contributed by atoms with Crippen LogP contribution >= 0.6 is 0 Å². The third-order valence-electron chi connectivity index (χ3n) is 3.24. The van der Waals surface area contributed by atoms with Crippen molar-refractivity contribution in [3.8, 4) is 0 Å². The molecule has 1 amide bonds. The van der Waals surface area contributed by atoms with Crippen LogP contribution in [-0.2, 0) is 4.79 Å². The number of carbonyl (C=O) groups excluding carboxylic acids is 1. The minimum atomic E-state index is -0.226. The predicted molar refractivity (Wildman–Crippen MR) is 95.0 cm³/mol. The molecule has 0 aliphatic carbocycles. The quantitative estimate of drug-likeness (QED) is 0.833. The Kier molecular flexibility index (Phi) is 11.9. The smallest absolute Gasteiger partial charge is 0.238 e. The Bertz CT molecular complexity index is 417. The van der Waals surface area contributed by atoms with Crippen molar-refractivity contribution in [2.75, 3.05) is 44.7 Å². The van der Waals surface area contributed by atoms with Crippen molar-refractivity contribution >= 4 is 11.6 Å². The number of benzene rings is 1. The Labute approximate surface area is 139 Å². The van der Waals surface area contributed by atoms with E-state index in [-0.39, 0.29) is 11.7 Å². The van der Waals surface area contributed by atoms with Crippen molar-refractivity contribution in [3.63, 3.8) is 0 Å². The molecule has 5 nitrogen and oxygen atoms in total. The fourth-order valence-corrected chi connectivity index (χ4v) is 2.14. The zero-order valence-electron chi connectivity index (χ0n) is 15.0. The lowest BCUT2D eigenvalue weighted by atomic mass is 10.2. The Morgan fingerprint density at radius 1 is 1.04 bits per heavy atom. The summed E-state index contributed by atoms with van der Waals surface area (Å²) < 4.78 is 12.9. The van der Waals surface area contributed by atoms with Gasteiger partial charge in [-0.15, -0.1) is 0 Å². The predicted octanol–water partition coefficient (Wildman–Crippen LogP) is 2.25. The van der Waals surface area contributed by atoms with E-state index in [0.717, 1.165) is 18.8 Å². The molecule has 2 N–H and O–H groups in total. The molecule has 0 saturated carbocycles. The summed E-state index contributed by atoms with van der Waals surface area (Å²) in [4.78, 5) is 15.8. The maximum Gasteiger partial charge on any atom is 0.238 e. The van der Waals surface area contributed by atoms with E-state index in [9.17, 15) is 9.18 Å². The van der Waals surface area contributed by atoms with Crippen molar-refractivity contribution in [1.29, 1.82) is 0 Å². The largest absolute Gasteiger partial charge is 0.368 e. The monoisotopic (exact) mass is 326 g/mol. The van der Waals surface area contributed by atoms with E-state index in [1.807, 2.05) is 32.6 Å². The molecule has 1 fully saturated rings. The van der Waals surface area contributed by atoms with Crippen LogP contribution in [0.3, 0.4) is 0 Å². The van der Waals surface area contributed by atoms with Crippen LogP contribution in [0.1, 0.15) is 27.7 Å². The number of hydrogen-bond donors (Lipinski definition) is 2. The summed E-state index contributed by atoms with van der Waals surface area (Å²) >= 11 is 0. The number of amides is 1. The van der Waals surface area contributed by atoms with Gasteiger partial charge in [0.2, 0.25) is 5.91 Å². The highest BCUT2D eigenvalue weighted by Crippen LogP contribution is 2.16. The van der Waals surface area contributed by atoms with E-state index >= 15 is 0 Å². The number of rotatable bonds is 4. The van der Waals surface area contributed by atoms with Gasteiger partial charge in [0, 0.05) is 31.9 Å². The molecule has 0 unspecified atom stereocenters. The van der Waals surface area contributed by atoms with E-state index in [1.165, 1.54) is 12.1 Å². The van der Waals surface area contributed by atoms with E-state index in [1.54, 1.807) is 19.2 Å². The highest BCUT2D eigenvalue weighted by Gasteiger charge is 2.20. The lowest BCUT2D eigenvalue weighted by Crippen LogP contribution is -2.51. The fourth-order valence-electron chi connectivity index (χ4n) is 2.14. The second kappa shape index (κ2) is 12.8. The molecule has 2 rings (SSSR count). The summed E-state index contributed by atoms with van der Waals surface area (Å²) in [5, 5.41) is 0. The lowest BCUT2D eigenvalue weighted by molar-refractivity contribution is -0.130. The van der Waals surface area contributed by atoms with Gasteiger partial charge in [-0.3, -0.25) is 10.2 Å². The van der Waals surface area contributed by atoms with Gasteiger partial charge in [0.25, 0.3) is 0 Å². The molecule has 1 aliphatic rings. The first-order valence-electron chi connectivity index (χ1n) is 8.38. The molecule has 1 heterocycles. The van der Waals surface area contributed by atoms with Crippen molar-refractivity contribution in [2.45, 2.75) is 27.7 Å². The van der Waals surface area contributed by atoms with E-state index in [0.29, 0.717) is 19.6 Å². The minimum Gasteiger partial charge on any atom is -0.368 e. The van der Waals surface area contributed by atoms with Crippen molar-refractivity contribution in [1.82, 2.24) is 15.8 Å². The maximum atomic E-state index is 12.9. The summed E-state index contributed by atoms with van der Waals surface area (Å²) in [6.45, 7) is 11.2. The zero-order chi connectivity index (χ0) is 17.7. The molecular weight excluding hydrogens is 295 g/mol. The summed E-state index contributed by atoms with van der Waals surface area (Å²) in [5.41, 5.74) is 6.53. The van der Waals surface area contributed by atoms with Crippen LogP contribution in [0.4, 0.5) is 10.1 Å². The van der Waals surface area contributed by atoms with Crippen LogP contribution in [0.5, 0.6) is 0 Å². The molecule has 1 aromatic rings. The summed E-state index contributed by atoms with van der Waals surface area (Å²) in [5.74, 6) is -0.135. The first-order chi connectivity index (χ1) is 11.2. The van der Waals surface area contributed by atoms with Crippen LogP contribution < -0.4 is 15.8 Å². The van der Waals surface area contributed by atoms with Crippen LogP contribution in [0, 0.1) is 5.82 Å². The number of nitrogens with one attached hydrogen (secondary N) is 2. The van der Waals surface area contributed by atoms with Gasteiger partial charge >= 0.3 is 0 Å². The van der Waals surface area contributed by atoms with E-state index < -0.39 is 0 Å². The van der Waals surface area contributed by atoms with Gasteiger partial charge in [-0.1, -0.05) is 27.7 Å². The number of anilines is 1. The average Bonchev–Trinajstić information content (AvgIpc) is 2.64. The number of carbonyl (C=O) groups is 1. The highest BCUT2D eigenvalue weighted by atomic mass is 19.1. The third kappa shape index (κ3) is 7.43. The molecule has 0 bridgehead atoms. The van der Waals surface area contributed by atoms with E-state index in [2.05, 4.69) is 15.8 Å². The number of nitrogens with zero attached hydrogens (tertiary/aromatic N) is 2. The van der Waals surface area contributed by atoms with Gasteiger partial charge < -0.3 is 9.80 Å². The first kappa shape index (κ1) is 21.3.